The molecule has 3 N–H and O–H groups in total. The molecule has 26 heavy (non-hydrogen) atoms. The first kappa shape index (κ1) is 20.1. The van der Waals surface area contributed by atoms with Crippen LogP contribution in [0.2, 0.25) is 0 Å². The van der Waals surface area contributed by atoms with Crippen molar-refractivity contribution < 1.29 is 41.0 Å². The molecule has 0 radical (unpaired) electrons. The Morgan fingerprint density at radius 2 is 2.00 bits per heavy atom. The van der Waals surface area contributed by atoms with Crippen molar-refractivity contribution in [1.29, 1.82) is 0 Å². The Morgan fingerprint density at radius 1 is 1.31 bits per heavy atom. The number of ether oxygens (including phenoxy) is 1. The molecule has 2 rings (SSSR count). The van der Waals surface area contributed by atoms with Crippen LogP contribution in [0, 0.1) is 0 Å². The van der Waals surface area contributed by atoms with Gasteiger partial charge < -0.3 is 15.2 Å². The van der Waals surface area contributed by atoms with Crippen molar-refractivity contribution in [2.75, 3.05) is 19.8 Å². The normalized spacial score (nSPS) is 20.7. The fourth-order valence-electron chi connectivity index (χ4n) is 2.28. The predicted molar refractivity (Wildman–Crippen MR) is 80.6 cm³/mol. The predicted octanol–water partition coefficient (Wildman–Crippen LogP) is 0.344. The second kappa shape index (κ2) is 7.21. The number of aliphatic carboxylic acids is 1. The minimum Gasteiger partial charge on any atom is -0.479 e. The van der Waals surface area contributed by atoms with E-state index in [2.05, 4.69) is 5.32 Å². The summed E-state index contributed by atoms with van der Waals surface area (Å²) in [5.74, 6) is -2.28. The molecule has 1 aliphatic rings. The maximum absolute atomic E-state index is 12.7. The van der Waals surface area contributed by atoms with Crippen LogP contribution in [0.1, 0.15) is 12.0 Å². The lowest BCUT2D eigenvalue weighted by Gasteiger charge is -2.23. The zero-order valence-electron chi connectivity index (χ0n) is 13.2. The number of hydrogen-bond acceptors (Lipinski definition) is 5. The fraction of sp³-hybridized carbons (Fsp3) is 0.429. The Kier molecular flexibility index (Phi) is 5.58. The van der Waals surface area contributed by atoms with Crippen molar-refractivity contribution in [3.05, 3.63) is 29.8 Å². The molecule has 1 saturated heterocycles. The summed E-state index contributed by atoms with van der Waals surface area (Å²) in [6, 6.07) is 3.01. The zero-order valence-corrected chi connectivity index (χ0v) is 14.0. The van der Waals surface area contributed by atoms with E-state index in [4.69, 9.17) is 4.74 Å². The van der Waals surface area contributed by atoms with E-state index in [0.717, 1.165) is 12.1 Å². The van der Waals surface area contributed by atoms with Crippen LogP contribution in [0.3, 0.4) is 0 Å². The molecular formula is C14H15F3N2O6S. The average molecular weight is 396 g/mol. The number of rotatable bonds is 6. The molecule has 1 fully saturated rings. The number of carbonyl (C=O) groups excluding carboxylic acids is 1. The molecule has 0 bridgehead atoms. The van der Waals surface area contributed by atoms with Crippen molar-refractivity contribution >= 4 is 21.9 Å². The second-order valence-corrected chi connectivity index (χ2v) is 7.36. The minimum atomic E-state index is -4.72. The molecule has 0 spiro atoms. The molecule has 8 nitrogen and oxygen atoms in total. The standard InChI is InChI=1S/C14H15F3N2O6S/c15-14(16,17)9-2-1-3-10(6-9)26(23,24)18-7-11(20)19-13(12(21)22)4-5-25-8-13/h1-3,6,18H,4-5,7-8H2,(H,19,20)(H,21,22). The van der Waals surface area contributed by atoms with E-state index in [-0.39, 0.29) is 19.6 Å². The third-order valence-electron chi connectivity index (χ3n) is 3.70. The lowest BCUT2D eigenvalue weighted by atomic mass is 9.99. The Hall–Kier alpha value is -2.18. The van der Waals surface area contributed by atoms with Gasteiger partial charge in [-0.05, 0) is 18.2 Å². The molecule has 0 aliphatic carbocycles. The Labute approximate surface area is 146 Å². The van der Waals surface area contributed by atoms with Crippen LogP contribution in [0.5, 0.6) is 0 Å². The summed E-state index contributed by atoms with van der Waals surface area (Å²) in [6.45, 7) is -0.995. The van der Waals surface area contributed by atoms with Crippen LogP contribution in [0.4, 0.5) is 13.2 Å². The third kappa shape index (κ3) is 4.51. The summed E-state index contributed by atoms with van der Waals surface area (Å²) in [6.07, 6.45) is -4.71. The van der Waals surface area contributed by atoms with Crippen LogP contribution in [0.25, 0.3) is 0 Å². The van der Waals surface area contributed by atoms with Crippen LogP contribution < -0.4 is 10.0 Å². The van der Waals surface area contributed by atoms with Crippen molar-refractivity contribution in [1.82, 2.24) is 10.0 Å². The highest BCUT2D eigenvalue weighted by molar-refractivity contribution is 7.89. The Morgan fingerprint density at radius 3 is 2.54 bits per heavy atom. The van der Waals surface area contributed by atoms with Gasteiger partial charge in [0.2, 0.25) is 15.9 Å². The first-order chi connectivity index (χ1) is 12.0. The van der Waals surface area contributed by atoms with Crippen molar-refractivity contribution in [3.63, 3.8) is 0 Å². The molecule has 1 aliphatic heterocycles. The summed E-state index contributed by atoms with van der Waals surface area (Å²) in [7, 11) is -4.40. The van der Waals surface area contributed by atoms with Gasteiger partial charge in [-0.3, -0.25) is 4.79 Å². The topological polar surface area (TPSA) is 122 Å². The highest BCUT2D eigenvalue weighted by atomic mass is 32.2. The summed E-state index contributed by atoms with van der Waals surface area (Å²) >= 11 is 0. The smallest absolute Gasteiger partial charge is 0.416 e. The number of hydrogen-bond donors (Lipinski definition) is 3. The van der Waals surface area contributed by atoms with Gasteiger partial charge in [0.1, 0.15) is 0 Å². The molecule has 1 unspecified atom stereocenters. The highest BCUT2D eigenvalue weighted by Crippen LogP contribution is 2.30. The molecule has 144 valence electrons. The van der Waals surface area contributed by atoms with Gasteiger partial charge in [-0.15, -0.1) is 0 Å². The number of benzene rings is 1. The van der Waals surface area contributed by atoms with Crippen LogP contribution in [0.15, 0.2) is 29.2 Å². The molecule has 12 heteroatoms. The van der Waals surface area contributed by atoms with Gasteiger partial charge in [-0.1, -0.05) is 6.07 Å². The summed E-state index contributed by atoms with van der Waals surface area (Å²) < 4.78 is 68.9. The first-order valence-corrected chi connectivity index (χ1v) is 8.74. The lowest BCUT2D eigenvalue weighted by molar-refractivity contribution is -0.147. The molecule has 1 atom stereocenters. The number of carbonyl (C=O) groups is 2. The van der Waals surface area contributed by atoms with Crippen molar-refractivity contribution in [2.45, 2.75) is 23.0 Å². The number of alkyl halides is 3. The van der Waals surface area contributed by atoms with Gasteiger partial charge in [0, 0.05) is 13.0 Å². The van der Waals surface area contributed by atoms with E-state index in [1.54, 1.807) is 0 Å². The van der Waals surface area contributed by atoms with Gasteiger partial charge in [0.15, 0.2) is 5.54 Å². The number of carboxylic acid groups (broad SMARTS) is 1. The Balaban J connectivity index is 2.06. The third-order valence-corrected chi connectivity index (χ3v) is 5.10. The molecule has 0 aromatic heterocycles. The summed E-state index contributed by atoms with van der Waals surface area (Å²) in [4.78, 5) is 22.5. The average Bonchev–Trinajstić information content (AvgIpc) is 3.02. The Bertz CT molecular complexity index is 803. The number of halogens is 3. The van der Waals surface area contributed by atoms with Gasteiger partial charge in [0.05, 0.1) is 23.6 Å². The lowest BCUT2D eigenvalue weighted by Crippen LogP contribution is -2.57. The van der Waals surface area contributed by atoms with Crippen molar-refractivity contribution in [3.8, 4) is 0 Å². The highest BCUT2D eigenvalue weighted by Gasteiger charge is 2.44. The number of nitrogens with one attached hydrogen (secondary N) is 2. The van der Waals surface area contributed by atoms with Gasteiger partial charge >= 0.3 is 12.1 Å². The van der Waals surface area contributed by atoms with Crippen LogP contribution >= 0.6 is 0 Å². The van der Waals surface area contributed by atoms with E-state index in [0.29, 0.717) is 12.1 Å². The molecular weight excluding hydrogens is 381 g/mol. The van der Waals surface area contributed by atoms with Gasteiger partial charge in [-0.25, -0.2) is 17.9 Å². The van der Waals surface area contributed by atoms with Gasteiger partial charge in [0.25, 0.3) is 0 Å². The quantitative estimate of drug-likeness (QED) is 0.638. The second-order valence-electron chi connectivity index (χ2n) is 5.59. The van der Waals surface area contributed by atoms with E-state index in [9.17, 15) is 36.3 Å². The van der Waals surface area contributed by atoms with E-state index < -0.39 is 50.6 Å². The fourth-order valence-corrected chi connectivity index (χ4v) is 3.31. The summed E-state index contributed by atoms with van der Waals surface area (Å²) in [5, 5.41) is 11.4. The molecule has 1 aromatic rings. The molecule has 1 heterocycles. The summed E-state index contributed by atoms with van der Waals surface area (Å²) in [5.41, 5.74) is -2.81. The van der Waals surface area contributed by atoms with Crippen LogP contribution in [-0.2, 0) is 30.5 Å². The first-order valence-electron chi connectivity index (χ1n) is 7.25. The van der Waals surface area contributed by atoms with E-state index >= 15 is 0 Å². The monoisotopic (exact) mass is 396 g/mol. The maximum Gasteiger partial charge on any atom is 0.416 e. The number of sulfonamides is 1. The van der Waals surface area contributed by atoms with E-state index in [1.165, 1.54) is 0 Å². The van der Waals surface area contributed by atoms with Gasteiger partial charge in [-0.2, -0.15) is 13.2 Å². The maximum atomic E-state index is 12.7. The number of amides is 1. The van der Waals surface area contributed by atoms with Crippen molar-refractivity contribution in [2.24, 2.45) is 0 Å². The largest absolute Gasteiger partial charge is 0.479 e. The van der Waals surface area contributed by atoms with Crippen LogP contribution in [-0.4, -0.2) is 50.7 Å². The number of carboxylic acids is 1. The molecule has 0 saturated carbocycles. The SMILES string of the molecule is O=C(CNS(=O)(=O)c1cccc(C(F)(F)F)c1)NC1(C(=O)O)CCOC1. The zero-order chi connectivity index (χ0) is 19.6. The van der Waals surface area contributed by atoms with E-state index in [1.807, 2.05) is 4.72 Å². The molecule has 1 aromatic carbocycles. The molecule has 1 amide bonds. The minimum absolute atomic E-state index is 0.00838.